The van der Waals surface area contributed by atoms with Gasteiger partial charge in [0, 0.05) is 6.20 Å². The van der Waals surface area contributed by atoms with Crippen molar-refractivity contribution in [2.45, 2.75) is 13.8 Å². The maximum atomic E-state index is 11.1. The summed E-state index contributed by atoms with van der Waals surface area (Å²) in [6.07, 6.45) is 4.79. The molecule has 3 N–H and O–H groups in total. The lowest BCUT2D eigenvalue weighted by atomic mass is 10.2. The summed E-state index contributed by atoms with van der Waals surface area (Å²) in [4.78, 5) is 14.9. The second-order valence-corrected chi connectivity index (χ2v) is 3.04. The highest BCUT2D eigenvalue weighted by Gasteiger charge is 1.99. The Morgan fingerprint density at radius 3 is 3.00 bits per heavy atom. The van der Waals surface area contributed by atoms with E-state index < -0.39 is 0 Å². The molecule has 6 nitrogen and oxygen atoms in total. The van der Waals surface area contributed by atoms with Gasteiger partial charge in [0.1, 0.15) is 6.33 Å². The van der Waals surface area contributed by atoms with E-state index in [1.54, 1.807) is 6.20 Å². The van der Waals surface area contributed by atoms with E-state index in [4.69, 9.17) is 0 Å². The molecule has 0 aliphatic carbocycles. The first-order valence-electron chi connectivity index (χ1n) is 4.28. The van der Waals surface area contributed by atoms with Gasteiger partial charge in [-0.05, 0) is 5.92 Å². The molecule has 76 valence electrons. The largest absolute Gasteiger partial charge is 0.325 e. The quantitative estimate of drug-likeness (QED) is 0.675. The minimum atomic E-state index is -0.348. The van der Waals surface area contributed by atoms with E-state index in [9.17, 15) is 4.79 Å². The smallest absolute Gasteiger partial charge is 0.315 e. The van der Waals surface area contributed by atoms with Crippen molar-refractivity contribution < 1.29 is 4.79 Å². The Kier molecular flexibility index (Phi) is 3.66. The minimum Gasteiger partial charge on any atom is -0.315 e. The number of H-pyrrole nitrogens is 1. The van der Waals surface area contributed by atoms with Crippen LogP contribution in [-0.4, -0.2) is 21.2 Å². The summed E-state index contributed by atoms with van der Waals surface area (Å²) in [5.74, 6) is 0.723. The molecule has 0 saturated heterocycles. The number of anilines is 1. The van der Waals surface area contributed by atoms with Crippen LogP contribution in [-0.2, 0) is 0 Å². The minimum absolute atomic E-state index is 0.320. The number of carbonyl (C=O) groups excluding carboxylic acids is 1. The van der Waals surface area contributed by atoms with E-state index in [1.165, 1.54) is 6.33 Å². The molecule has 1 heterocycles. The van der Waals surface area contributed by atoms with Crippen LogP contribution in [0, 0.1) is 5.92 Å². The van der Waals surface area contributed by atoms with Gasteiger partial charge in [0.05, 0.1) is 0 Å². The molecule has 1 aromatic heterocycles. The summed E-state index contributed by atoms with van der Waals surface area (Å²) in [6, 6.07) is -0.348. The van der Waals surface area contributed by atoms with Gasteiger partial charge in [-0.25, -0.2) is 9.89 Å². The average molecular weight is 195 g/mol. The Morgan fingerprint density at radius 2 is 2.43 bits per heavy atom. The molecule has 0 aromatic carbocycles. The number of aromatic amines is 1. The SMILES string of the molecule is CC(C)/C=C/NC(=O)Nc1ncn[nH]1. The number of hydrogen-bond acceptors (Lipinski definition) is 3. The average Bonchev–Trinajstić information content (AvgIpc) is 2.56. The van der Waals surface area contributed by atoms with Gasteiger partial charge in [-0.1, -0.05) is 19.9 Å². The molecule has 1 aromatic rings. The molecule has 0 aliphatic heterocycles. The van der Waals surface area contributed by atoms with Crippen LogP contribution in [0.2, 0.25) is 0 Å². The van der Waals surface area contributed by atoms with Gasteiger partial charge in [-0.15, -0.1) is 0 Å². The summed E-state index contributed by atoms with van der Waals surface area (Å²) in [5, 5.41) is 11.1. The molecule has 0 unspecified atom stereocenters. The molecule has 0 atom stereocenters. The van der Waals surface area contributed by atoms with E-state index in [2.05, 4.69) is 25.8 Å². The van der Waals surface area contributed by atoms with E-state index in [1.807, 2.05) is 19.9 Å². The second-order valence-electron chi connectivity index (χ2n) is 3.04. The van der Waals surface area contributed by atoms with Crippen molar-refractivity contribution in [3.63, 3.8) is 0 Å². The number of rotatable bonds is 3. The predicted molar refractivity (Wildman–Crippen MR) is 52.5 cm³/mol. The molecule has 14 heavy (non-hydrogen) atoms. The summed E-state index contributed by atoms with van der Waals surface area (Å²) >= 11 is 0. The Hall–Kier alpha value is -1.85. The zero-order valence-electron chi connectivity index (χ0n) is 8.11. The van der Waals surface area contributed by atoms with E-state index >= 15 is 0 Å². The Labute approximate surface area is 81.8 Å². The number of aromatic nitrogens is 3. The lowest BCUT2D eigenvalue weighted by molar-refractivity contribution is 0.255. The zero-order valence-corrected chi connectivity index (χ0v) is 8.11. The van der Waals surface area contributed by atoms with Crippen LogP contribution in [0.3, 0.4) is 0 Å². The second kappa shape index (κ2) is 5.00. The number of nitrogens with one attached hydrogen (secondary N) is 3. The first-order chi connectivity index (χ1) is 6.68. The molecule has 0 saturated carbocycles. The van der Waals surface area contributed by atoms with E-state index in [0.29, 0.717) is 11.9 Å². The van der Waals surface area contributed by atoms with Crippen LogP contribution in [0.1, 0.15) is 13.8 Å². The van der Waals surface area contributed by atoms with Crippen molar-refractivity contribution in [1.82, 2.24) is 20.5 Å². The normalized spacial score (nSPS) is 10.8. The lowest BCUT2D eigenvalue weighted by Gasteiger charge is -2.00. The van der Waals surface area contributed by atoms with Crippen LogP contribution < -0.4 is 10.6 Å². The number of carbonyl (C=O) groups is 1. The molecule has 0 radical (unpaired) electrons. The highest BCUT2D eigenvalue weighted by Crippen LogP contribution is 1.93. The van der Waals surface area contributed by atoms with Gasteiger partial charge in [0.15, 0.2) is 0 Å². The third kappa shape index (κ3) is 3.70. The number of nitrogens with zero attached hydrogens (tertiary/aromatic N) is 2. The maximum Gasteiger partial charge on any atom is 0.325 e. The van der Waals surface area contributed by atoms with Crippen LogP contribution in [0.15, 0.2) is 18.6 Å². The molecule has 0 aliphatic rings. The first-order valence-corrected chi connectivity index (χ1v) is 4.28. The summed E-state index contributed by atoms with van der Waals surface area (Å²) in [7, 11) is 0. The summed E-state index contributed by atoms with van der Waals surface area (Å²) < 4.78 is 0. The fraction of sp³-hybridized carbons (Fsp3) is 0.375. The monoisotopic (exact) mass is 195 g/mol. The van der Waals surface area contributed by atoms with E-state index in [0.717, 1.165) is 0 Å². The van der Waals surface area contributed by atoms with Gasteiger partial charge in [-0.3, -0.25) is 5.32 Å². The molecular weight excluding hydrogens is 182 g/mol. The maximum absolute atomic E-state index is 11.1. The highest BCUT2D eigenvalue weighted by molar-refractivity contribution is 5.87. The molecule has 0 bridgehead atoms. The van der Waals surface area contributed by atoms with Crippen molar-refractivity contribution in [2.24, 2.45) is 5.92 Å². The third-order valence-electron chi connectivity index (χ3n) is 1.34. The van der Waals surface area contributed by atoms with Crippen LogP contribution in [0.25, 0.3) is 0 Å². The van der Waals surface area contributed by atoms with Crippen molar-refractivity contribution in [2.75, 3.05) is 5.32 Å². The first kappa shape index (κ1) is 10.2. The van der Waals surface area contributed by atoms with Crippen molar-refractivity contribution in [3.05, 3.63) is 18.6 Å². The number of allylic oxidation sites excluding steroid dienone is 1. The number of urea groups is 1. The van der Waals surface area contributed by atoms with Gasteiger partial charge >= 0.3 is 6.03 Å². The topological polar surface area (TPSA) is 82.7 Å². The number of amides is 2. The molecule has 6 heteroatoms. The van der Waals surface area contributed by atoms with Crippen LogP contribution in [0.4, 0.5) is 10.7 Å². The van der Waals surface area contributed by atoms with E-state index in [-0.39, 0.29) is 6.03 Å². The Bertz CT molecular complexity index is 304. The zero-order chi connectivity index (χ0) is 10.4. The standard InChI is InChI=1S/C8H13N5O/c1-6(2)3-4-9-8(14)12-7-10-5-11-13-7/h3-6H,1-2H3,(H3,9,10,11,12,13,14)/b4-3+. The van der Waals surface area contributed by atoms with Crippen LogP contribution >= 0.6 is 0 Å². The number of hydrogen-bond donors (Lipinski definition) is 3. The molecule has 2 amide bonds. The Morgan fingerprint density at radius 1 is 1.64 bits per heavy atom. The molecule has 0 fully saturated rings. The van der Waals surface area contributed by atoms with Gasteiger partial charge in [-0.2, -0.15) is 10.1 Å². The van der Waals surface area contributed by atoms with Crippen molar-refractivity contribution in [1.29, 1.82) is 0 Å². The van der Waals surface area contributed by atoms with Crippen LogP contribution in [0.5, 0.6) is 0 Å². The Balaban J connectivity index is 2.30. The predicted octanol–water partition coefficient (Wildman–Crippen LogP) is 1.10. The van der Waals surface area contributed by atoms with Gasteiger partial charge < -0.3 is 5.32 Å². The lowest BCUT2D eigenvalue weighted by Crippen LogP contribution is -2.24. The highest BCUT2D eigenvalue weighted by atomic mass is 16.2. The molecular formula is C8H13N5O. The molecule has 0 spiro atoms. The molecule has 1 rings (SSSR count). The van der Waals surface area contributed by atoms with Crippen molar-refractivity contribution in [3.8, 4) is 0 Å². The fourth-order valence-electron chi connectivity index (χ4n) is 0.726. The van der Waals surface area contributed by atoms with Crippen molar-refractivity contribution >= 4 is 12.0 Å². The third-order valence-corrected chi connectivity index (χ3v) is 1.34. The van der Waals surface area contributed by atoms with Gasteiger partial charge in [0.25, 0.3) is 0 Å². The summed E-state index contributed by atoms with van der Waals surface area (Å²) in [6.45, 7) is 4.04. The fourth-order valence-corrected chi connectivity index (χ4v) is 0.726. The van der Waals surface area contributed by atoms with Gasteiger partial charge in [0.2, 0.25) is 5.95 Å². The summed E-state index contributed by atoms with van der Waals surface area (Å²) in [5.41, 5.74) is 0.